The van der Waals surface area contributed by atoms with Crippen molar-refractivity contribution in [2.24, 2.45) is 0 Å². The first-order chi connectivity index (χ1) is 11.8. The summed E-state index contributed by atoms with van der Waals surface area (Å²) in [7, 11) is 0. The third-order valence-electron chi connectivity index (χ3n) is 4.35. The van der Waals surface area contributed by atoms with Gasteiger partial charge in [0.1, 0.15) is 0 Å². The molecule has 0 heterocycles. The van der Waals surface area contributed by atoms with Crippen molar-refractivity contribution in [1.82, 2.24) is 0 Å². The molecule has 0 saturated heterocycles. The predicted octanol–water partition coefficient (Wildman–Crippen LogP) is 3.74. The first-order valence-electron chi connectivity index (χ1n) is 8.08. The summed E-state index contributed by atoms with van der Waals surface area (Å²) in [5.74, 6) is -0.382. The van der Waals surface area contributed by atoms with Crippen LogP contribution in [0.15, 0.2) is 42.5 Å². The highest BCUT2D eigenvalue weighted by Gasteiger charge is 2.30. The molecular weight excluding hydrogens is 331 g/mol. The third kappa shape index (κ3) is 4.20. The van der Waals surface area contributed by atoms with Crippen LogP contribution in [0.1, 0.15) is 28.7 Å². The topological polar surface area (TPSA) is 49.3 Å². The van der Waals surface area contributed by atoms with Crippen molar-refractivity contribution in [3.05, 3.63) is 64.7 Å². The zero-order valence-corrected chi connectivity index (χ0v) is 13.4. The number of aliphatic hydroxyl groups is 1. The van der Waals surface area contributed by atoms with Crippen LogP contribution in [0.2, 0.25) is 0 Å². The molecule has 1 atom stereocenters. The normalized spacial score (nSPS) is 17.0. The zero-order chi connectivity index (χ0) is 18.0. The van der Waals surface area contributed by atoms with Crippen LogP contribution in [-0.4, -0.2) is 17.1 Å². The number of aliphatic hydroxyl groups excluding tert-OH is 1. The lowest BCUT2D eigenvalue weighted by molar-refractivity contribution is -0.137. The van der Waals surface area contributed by atoms with Crippen LogP contribution >= 0.6 is 0 Å². The Balaban J connectivity index is 1.74. The number of rotatable bonds is 3. The Morgan fingerprint density at radius 3 is 2.72 bits per heavy atom. The van der Waals surface area contributed by atoms with E-state index in [-0.39, 0.29) is 12.3 Å². The van der Waals surface area contributed by atoms with E-state index >= 15 is 0 Å². The number of nitrogens with one attached hydrogen (secondary N) is 1. The lowest BCUT2D eigenvalue weighted by Crippen LogP contribution is -2.22. The molecule has 3 nitrogen and oxygen atoms in total. The lowest BCUT2D eigenvalue weighted by Gasteiger charge is -2.23. The molecule has 3 rings (SSSR count). The fraction of sp³-hybridized carbons (Fsp3) is 0.316. The van der Waals surface area contributed by atoms with Crippen LogP contribution in [0.5, 0.6) is 0 Å². The molecule has 0 bridgehead atoms. The SMILES string of the molecule is O=C(Cc1cccc(C(F)(F)F)c1)Nc1cccc2c1CC(O)CC2. The van der Waals surface area contributed by atoms with E-state index in [1.807, 2.05) is 12.1 Å². The van der Waals surface area contributed by atoms with E-state index in [4.69, 9.17) is 0 Å². The molecule has 0 fully saturated rings. The molecule has 0 saturated carbocycles. The summed E-state index contributed by atoms with van der Waals surface area (Å²) in [5, 5.41) is 12.6. The van der Waals surface area contributed by atoms with Gasteiger partial charge < -0.3 is 10.4 Å². The first kappa shape index (κ1) is 17.5. The number of carbonyl (C=O) groups excluding carboxylic acids is 1. The highest BCUT2D eigenvalue weighted by Crippen LogP contribution is 2.30. The molecule has 2 N–H and O–H groups in total. The van der Waals surface area contributed by atoms with Gasteiger partial charge in [-0.2, -0.15) is 13.2 Å². The Kier molecular flexibility index (Phi) is 4.81. The monoisotopic (exact) mass is 349 g/mol. The fourth-order valence-electron chi connectivity index (χ4n) is 3.12. The molecular formula is C19H18F3NO2. The van der Waals surface area contributed by atoms with Gasteiger partial charge in [0, 0.05) is 12.1 Å². The van der Waals surface area contributed by atoms with E-state index in [0.717, 1.165) is 29.7 Å². The van der Waals surface area contributed by atoms with E-state index in [1.165, 1.54) is 12.1 Å². The summed E-state index contributed by atoms with van der Waals surface area (Å²) < 4.78 is 38.3. The van der Waals surface area contributed by atoms with Crippen LogP contribution in [-0.2, 0) is 30.2 Å². The molecule has 0 radical (unpaired) electrons. The van der Waals surface area contributed by atoms with Gasteiger partial charge in [-0.25, -0.2) is 0 Å². The average molecular weight is 349 g/mol. The minimum Gasteiger partial charge on any atom is -0.393 e. The van der Waals surface area contributed by atoms with Crippen molar-refractivity contribution in [2.45, 2.75) is 38.0 Å². The number of hydrogen-bond acceptors (Lipinski definition) is 2. The molecule has 132 valence electrons. The molecule has 0 spiro atoms. The fourth-order valence-corrected chi connectivity index (χ4v) is 3.12. The second-order valence-electron chi connectivity index (χ2n) is 6.26. The number of halogens is 3. The second kappa shape index (κ2) is 6.88. The van der Waals surface area contributed by atoms with Crippen molar-refractivity contribution in [2.75, 3.05) is 5.32 Å². The summed E-state index contributed by atoms with van der Waals surface area (Å²) in [6.07, 6.45) is -3.11. The Bertz CT molecular complexity index is 786. The smallest absolute Gasteiger partial charge is 0.393 e. The van der Waals surface area contributed by atoms with Crippen LogP contribution in [0.4, 0.5) is 18.9 Å². The van der Waals surface area contributed by atoms with Crippen LogP contribution < -0.4 is 5.32 Å². The molecule has 0 aromatic heterocycles. The number of benzene rings is 2. The Hall–Kier alpha value is -2.34. The van der Waals surface area contributed by atoms with Gasteiger partial charge in [0.2, 0.25) is 5.91 Å². The number of hydrogen-bond donors (Lipinski definition) is 2. The van der Waals surface area contributed by atoms with E-state index < -0.39 is 17.8 Å². The van der Waals surface area contributed by atoms with Gasteiger partial charge in [-0.3, -0.25) is 4.79 Å². The molecule has 0 aliphatic heterocycles. The van der Waals surface area contributed by atoms with Gasteiger partial charge in [-0.15, -0.1) is 0 Å². The van der Waals surface area contributed by atoms with Crippen LogP contribution in [0.25, 0.3) is 0 Å². The molecule has 2 aromatic rings. The minimum atomic E-state index is -4.43. The Morgan fingerprint density at radius 2 is 1.96 bits per heavy atom. The Morgan fingerprint density at radius 1 is 1.20 bits per heavy atom. The standard InChI is InChI=1S/C19H18F3NO2/c20-19(21,22)14-5-1-3-12(9-14)10-18(25)23-17-6-2-4-13-7-8-15(24)11-16(13)17/h1-6,9,15,24H,7-8,10-11H2,(H,23,25). The highest BCUT2D eigenvalue weighted by atomic mass is 19.4. The molecule has 1 aliphatic carbocycles. The van der Waals surface area contributed by atoms with Crippen molar-refractivity contribution < 1.29 is 23.1 Å². The van der Waals surface area contributed by atoms with Crippen LogP contribution in [0, 0.1) is 0 Å². The summed E-state index contributed by atoms with van der Waals surface area (Å²) in [6.45, 7) is 0. The number of anilines is 1. The van der Waals surface area contributed by atoms with Gasteiger partial charge in [-0.1, -0.05) is 30.3 Å². The lowest BCUT2D eigenvalue weighted by atomic mass is 9.88. The van der Waals surface area contributed by atoms with E-state index in [2.05, 4.69) is 5.32 Å². The highest BCUT2D eigenvalue weighted by molar-refractivity contribution is 5.93. The number of amides is 1. The first-order valence-corrected chi connectivity index (χ1v) is 8.08. The molecule has 25 heavy (non-hydrogen) atoms. The Labute approximate surface area is 143 Å². The maximum Gasteiger partial charge on any atom is 0.416 e. The number of carbonyl (C=O) groups is 1. The van der Waals surface area contributed by atoms with E-state index in [0.29, 0.717) is 24.1 Å². The third-order valence-corrected chi connectivity index (χ3v) is 4.35. The summed E-state index contributed by atoms with van der Waals surface area (Å²) in [4.78, 5) is 12.3. The van der Waals surface area contributed by atoms with Gasteiger partial charge in [-0.05, 0) is 41.7 Å². The summed E-state index contributed by atoms with van der Waals surface area (Å²) in [5.41, 5.74) is 2.14. The second-order valence-corrected chi connectivity index (χ2v) is 6.26. The van der Waals surface area contributed by atoms with Gasteiger partial charge in [0.25, 0.3) is 0 Å². The molecule has 2 aromatic carbocycles. The number of fused-ring (bicyclic) bond motifs is 1. The molecule has 1 aliphatic rings. The zero-order valence-electron chi connectivity index (χ0n) is 13.4. The summed E-state index contributed by atoms with van der Waals surface area (Å²) in [6, 6.07) is 10.3. The maximum absolute atomic E-state index is 12.8. The van der Waals surface area contributed by atoms with Crippen molar-refractivity contribution in [3.63, 3.8) is 0 Å². The van der Waals surface area contributed by atoms with E-state index in [9.17, 15) is 23.1 Å². The number of aryl methyl sites for hydroxylation is 1. The van der Waals surface area contributed by atoms with Gasteiger partial charge in [0.05, 0.1) is 18.1 Å². The molecule has 6 heteroatoms. The number of alkyl halides is 3. The van der Waals surface area contributed by atoms with Crippen molar-refractivity contribution >= 4 is 11.6 Å². The van der Waals surface area contributed by atoms with Gasteiger partial charge in [0.15, 0.2) is 0 Å². The van der Waals surface area contributed by atoms with Crippen molar-refractivity contribution in [3.8, 4) is 0 Å². The van der Waals surface area contributed by atoms with E-state index in [1.54, 1.807) is 6.07 Å². The largest absolute Gasteiger partial charge is 0.416 e. The molecule has 1 unspecified atom stereocenters. The maximum atomic E-state index is 12.8. The van der Waals surface area contributed by atoms with Crippen molar-refractivity contribution in [1.29, 1.82) is 0 Å². The summed E-state index contributed by atoms with van der Waals surface area (Å²) >= 11 is 0. The van der Waals surface area contributed by atoms with Gasteiger partial charge >= 0.3 is 6.18 Å². The molecule has 1 amide bonds. The average Bonchev–Trinajstić information content (AvgIpc) is 2.55. The van der Waals surface area contributed by atoms with Crippen LogP contribution in [0.3, 0.4) is 0 Å². The predicted molar refractivity (Wildman–Crippen MR) is 88.3 cm³/mol. The quantitative estimate of drug-likeness (QED) is 0.887. The minimum absolute atomic E-state index is 0.143.